The number of allylic oxidation sites excluding steroid dienone is 1. The van der Waals surface area contributed by atoms with Gasteiger partial charge >= 0.3 is 0 Å². The minimum Gasteiger partial charge on any atom is -0.305 e. The maximum absolute atomic E-state index is 15.4. The monoisotopic (exact) mass is 1300 g/mol. The molecule has 5 aromatic rings. The van der Waals surface area contributed by atoms with Crippen LogP contribution in [0.2, 0.25) is 0 Å². The normalized spacial score (nSPS) is 12.2. The van der Waals surface area contributed by atoms with Gasteiger partial charge < -0.3 is 4.90 Å². The molecule has 1 unspecified atom stereocenters. The van der Waals surface area contributed by atoms with E-state index < -0.39 is 144 Å². The van der Waals surface area contributed by atoms with E-state index >= 15 is 35.1 Å². The Balaban J connectivity index is 0.000000384. The summed E-state index contributed by atoms with van der Waals surface area (Å²) in [5, 5.41) is 0. The molecular weight excluding hydrogens is 1220 g/mol. The Labute approximate surface area is 516 Å². The summed E-state index contributed by atoms with van der Waals surface area (Å²) in [5.41, 5.74) is -11.5. The third kappa shape index (κ3) is 20.0. The lowest BCUT2D eigenvalue weighted by molar-refractivity contribution is -0.810. The summed E-state index contributed by atoms with van der Waals surface area (Å²) in [4.78, 5) is 1.56. The third-order valence-electron chi connectivity index (χ3n) is 16.8. The third-order valence-corrected chi connectivity index (χ3v) is 16.8. The first-order valence-corrected chi connectivity index (χ1v) is 31.8. The summed E-state index contributed by atoms with van der Waals surface area (Å²) in [6.07, 6.45) is 43.4. The summed E-state index contributed by atoms with van der Waals surface area (Å²) < 4.78 is 294. The SMILES string of the molecule is CCCCCCCCCCCCCCCCCC=Cc1ccc([NH+](C)CCCCCCCCCCCCCCCCCC)cc1.Fc1c(F)c(F)c([B-](c2c(F)c(F)c(F)c(F)c2F)(c2c(F)c(F)c(F)c(F)c2F)c2c(F)c(F)c(F)c(F)c2F)c(F)c1F. The van der Waals surface area contributed by atoms with E-state index in [1.807, 2.05) is 0 Å². The van der Waals surface area contributed by atoms with Crippen molar-refractivity contribution in [1.29, 1.82) is 0 Å². The molecule has 5 aromatic carbocycles. The molecule has 1 atom stereocenters. The van der Waals surface area contributed by atoms with Crippen LogP contribution in [0.15, 0.2) is 30.3 Å². The number of unbranched alkanes of at least 4 members (excludes halogenated alkanes) is 30. The van der Waals surface area contributed by atoms with Crippen LogP contribution >= 0.6 is 0 Å². The second kappa shape index (κ2) is 39.1. The number of quaternary nitrogens is 1. The second-order valence-corrected chi connectivity index (χ2v) is 23.4. The fourth-order valence-corrected chi connectivity index (χ4v) is 11.7. The Hall–Kier alpha value is -5.54. The molecule has 0 aliphatic rings. The quantitative estimate of drug-likeness (QED) is 0.0131. The Morgan fingerprint density at radius 2 is 0.467 bits per heavy atom. The van der Waals surface area contributed by atoms with Crippen LogP contribution in [0.3, 0.4) is 0 Å². The minimum absolute atomic E-state index is 1.23. The Morgan fingerprint density at radius 3 is 0.700 bits per heavy atom. The molecule has 502 valence electrons. The van der Waals surface area contributed by atoms with Gasteiger partial charge in [0.1, 0.15) is 58.4 Å². The zero-order valence-corrected chi connectivity index (χ0v) is 51.4. The predicted octanol–water partition coefficient (Wildman–Crippen LogP) is 20.2. The number of benzene rings is 5. The summed E-state index contributed by atoms with van der Waals surface area (Å²) in [6.45, 7) is 5.87. The van der Waals surface area contributed by atoms with Gasteiger partial charge in [0.25, 0.3) is 0 Å². The molecule has 0 saturated heterocycles. The van der Waals surface area contributed by atoms with E-state index in [0.29, 0.717) is 0 Å². The molecule has 0 amide bonds. The maximum Gasteiger partial charge on any atom is 0.200 e. The van der Waals surface area contributed by atoms with Crippen molar-refractivity contribution in [3.8, 4) is 0 Å². The van der Waals surface area contributed by atoms with Gasteiger partial charge in [0.05, 0.1) is 13.6 Å². The highest BCUT2D eigenvalue weighted by atomic mass is 19.2. The van der Waals surface area contributed by atoms with Crippen molar-refractivity contribution in [3.05, 3.63) is 152 Å². The number of rotatable bonds is 39. The molecular formula is C68H82BF20N. The van der Waals surface area contributed by atoms with Gasteiger partial charge in [-0.3, -0.25) is 0 Å². The fraction of sp³-hybridized carbons (Fsp3) is 0.529. The minimum atomic E-state index is -7.22. The lowest BCUT2D eigenvalue weighted by Crippen LogP contribution is -3.03. The predicted molar refractivity (Wildman–Crippen MR) is 315 cm³/mol. The van der Waals surface area contributed by atoms with E-state index in [2.05, 4.69) is 57.3 Å². The van der Waals surface area contributed by atoms with Crippen molar-refractivity contribution >= 4 is 39.8 Å². The van der Waals surface area contributed by atoms with Gasteiger partial charge in [-0.25, -0.2) is 87.8 Å². The van der Waals surface area contributed by atoms with Crippen LogP contribution in [0.5, 0.6) is 0 Å². The molecule has 5 rings (SSSR count). The number of hydrogen-bond donors (Lipinski definition) is 1. The smallest absolute Gasteiger partial charge is 0.200 e. The van der Waals surface area contributed by atoms with Gasteiger partial charge in [-0.1, -0.05) is 206 Å². The first-order chi connectivity index (χ1) is 43.0. The molecule has 0 aliphatic carbocycles. The highest BCUT2D eigenvalue weighted by Gasteiger charge is 2.52. The van der Waals surface area contributed by atoms with Gasteiger partial charge in [-0.2, -0.15) is 0 Å². The fourth-order valence-electron chi connectivity index (χ4n) is 11.7. The van der Waals surface area contributed by atoms with Gasteiger partial charge in [0.15, 0.2) is 69.8 Å². The van der Waals surface area contributed by atoms with Crippen LogP contribution in [0.25, 0.3) is 6.08 Å². The summed E-state index contributed by atoms with van der Waals surface area (Å²) >= 11 is 0. The molecule has 90 heavy (non-hydrogen) atoms. The molecule has 0 saturated carbocycles. The zero-order valence-electron chi connectivity index (χ0n) is 51.4. The number of nitrogens with one attached hydrogen (secondary N) is 1. The first kappa shape index (κ1) is 76.9. The maximum atomic E-state index is 15.4. The van der Waals surface area contributed by atoms with Crippen LogP contribution in [0.4, 0.5) is 93.5 Å². The van der Waals surface area contributed by atoms with Crippen LogP contribution in [-0.4, -0.2) is 19.7 Å². The van der Waals surface area contributed by atoms with Crippen molar-refractivity contribution in [3.63, 3.8) is 0 Å². The average Bonchev–Trinajstić information content (AvgIpc) is 0.684. The molecule has 0 fully saturated rings. The van der Waals surface area contributed by atoms with Crippen molar-refractivity contribution in [1.82, 2.24) is 0 Å². The molecule has 22 heteroatoms. The van der Waals surface area contributed by atoms with Crippen LogP contribution in [0.1, 0.15) is 225 Å². The molecule has 1 N–H and O–H groups in total. The second-order valence-electron chi connectivity index (χ2n) is 23.4. The van der Waals surface area contributed by atoms with Gasteiger partial charge in [0, 0.05) is 0 Å². The molecule has 0 spiro atoms. The Bertz CT molecular complexity index is 2680. The van der Waals surface area contributed by atoms with Gasteiger partial charge in [-0.15, -0.1) is 21.9 Å². The standard InChI is InChI=1S/C44H81N.C24BF20/c1-4-6-8-10-12-14-16-18-20-22-23-25-27-29-31-33-35-37-43-38-40-44(41-39-43)45(3)42-36-34-32-30-28-26-24-21-19-17-15-13-11-9-7-5-2;26-5-1(6(27)14(35)21(42)13(5)34)25(2-7(28)15(36)22(43)16(37)8(2)29,3-9(30)17(38)23(44)18(39)10(3)31)4-11(32)19(40)24(45)20(41)12(4)33/h35,37-41H,4-34,36,42H2,1-3H3;/q;-1/p+1. The summed E-state index contributed by atoms with van der Waals surface area (Å²) in [5.74, 6) is -71.4. The van der Waals surface area contributed by atoms with E-state index in [0.717, 1.165) is 0 Å². The van der Waals surface area contributed by atoms with Crippen LogP contribution in [-0.2, 0) is 0 Å². The number of halogens is 20. The highest BCUT2D eigenvalue weighted by molar-refractivity contribution is 7.20. The van der Waals surface area contributed by atoms with E-state index in [1.54, 1.807) is 4.90 Å². The zero-order chi connectivity index (χ0) is 66.7. The molecule has 0 aromatic heterocycles. The lowest BCUT2D eigenvalue weighted by Gasteiger charge is -2.44. The lowest BCUT2D eigenvalue weighted by atomic mass is 9.12. The van der Waals surface area contributed by atoms with Gasteiger partial charge in [-0.05, 0) is 55.5 Å². The van der Waals surface area contributed by atoms with Gasteiger partial charge in [0.2, 0.25) is 0 Å². The molecule has 1 nitrogen and oxygen atoms in total. The topological polar surface area (TPSA) is 4.44 Å². The van der Waals surface area contributed by atoms with Crippen molar-refractivity contribution < 1.29 is 92.7 Å². The van der Waals surface area contributed by atoms with E-state index in [4.69, 9.17) is 0 Å². The highest BCUT2D eigenvalue weighted by Crippen LogP contribution is 2.31. The number of hydrogen-bond acceptors (Lipinski definition) is 0. The largest absolute Gasteiger partial charge is 0.305 e. The van der Waals surface area contributed by atoms with Crippen LogP contribution in [0, 0.1) is 116 Å². The molecule has 0 aliphatic heterocycles. The molecule has 0 radical (unpaired) electrons. The molecule has 0 heterocycles. The van der Waals surface area contributed by atoms with E-state index in [-0.39, 0.29) is 0 Å². The Morgan fingerprint density at radius 1 is 0.267 bits per heavy atom. The Kier molecular flexibility index (Phi) is 33.4. The van der Waals surface area contributed by atoms with Crippen molar-refractivity contribution in [2.45, 2.75) is 219 Å². The summed E-state index contributed by atoms with van der Waals surface area (Å²) in [6, 6.07) is 9.31. The van der Waals surface area contributed by atoms with Crippen LogP contribution < -0.4 is 26.8 Å². The first-order valence-electron chi connectivity index (χ1n) is 31.8. The summed E-state index contributed by atoms with van der Waals surface area (Å²) in [7, 11) is 2.34. The average molecular weight is 1300 g/mol. The molecule has 0 bridgehead atoms. The van der Waals surface area contributed by atoms with E-state index in [1.165, 1.54) is 223 Å². The van der Waals surface area contributed by atoms with Crippen molar-refractivity contribution in [2.24, 2.45) is 0 Å². The van der Waals surface area contributed by atoms with Crippen molar-refractivity contribution in [2.75, 3.05) is 13.6 Å². The van der Waals surface area contributed by atoms with E-state index in [9.17, 15) is 52.7 Å².